The normalized spacial score (nSPS) is 22.7. The fourth-order valence-electron chi connectivity index (χ4n) is 6.26. The van der Waals surface area contributed by atoms with Crippen molar-refractivity contribution in [1.29, 1.82) is 0 Å². The first-order valence-corrected chi connectivity index (χ1v) is 16.1. The number of fused-ring (bicyclic) bond motifs is 2. The van der Waals surface area contributed by atoms with Crippen molar-refractivity contribution in [1.82, 2.24) is 9.88 Å². The Morgan fingerprint density at radius 1 is 1.00 bits per heavy atom. The minimum Gasteiger partial charge on any atom is -0.375 e. The highest BCUT2D eigenvalue weighted by Gasteiger charge is 2.29. The summed E-state index contributed by atoms with van der Waals surface area (Å²) in [6, 6.07) is 14.1. The minimum absolute atomic E-state index is 0.276. The van der Waals surface area contributed by atoms with E-state index in [1.54, 1.807) is 17.4 Å². The van der Waals surface area contributed by atoms with Gasteiger partial charge in [-0.25, -0.2) is 13.4 Å². The Morgan fingerprint density at radius 3 is 2.53 bits per heavy atom. The van der Waals surface area contributed by atoms with Crippen LogP contribution in [0.3, 0.4) is 0 Å². The lowest BCUT2D eigenvalue weighted by Gasteiger charge is -2.36. The van der Waals surface area contributed by atoms with Crippen molar-refractivity contribution in [2.45, 2.75) is 75.6 Å². The molecule has 0 saturated heterocycles. The number of aromatic nitrogens is 1. The predicted molar refractivity (Wildman–Crippen MR) is 150 cm³/mol. The zero-order valence-corrected chi connectivity index (χ0v) is 23.0. The first-order valence-electron chi connectivity index (χ1n) is 13.6. The quantitative estimate of drug-likeness (QED) is 0.364. The average molecular weight is 526 g/mol. The fourth-order valence-corrected chi connectivity index (χ4v) is 8.93. The Labute approximate surface area is 220 Å². The molecule has 1 saturated carbocycles. The Morgan fingerprint density at radius 2 is 1.75 bits per heavy atom. The van der Waals surface area contributed by atoms with Crippen LogP contribution in [0.1, 0.15) is 62.4 Å². The van der Waals surface area contributed by atoms with Crippen LogP contribution in [-0.2, 0) is 22.7 Å². The van der Waals surface area contributed by atoms with E-state index in [1.165, 1.54) is 29.8 Å². The van der Waals surface area contributed by atoms with Crippen LogP contribution in [-0.4, -0.2) is 43.2 Å². The Bertz CT molecular complexity index is 1280. The van der Waals surface area contributed by atoms with E-state index in [9.17, 15) is 8.42 Å². The van der Waals surface area contributed by atoms with Crippen molar-refractivity contribution in [3.05, 3.63) is 53.0 Å². The summed E-state index contributed by atoms with van der Waals surface area (Å²) in [6.45, 7) is 4.56. The van der Waals surface area contributed by atoms with Gasteiger partial charge in [0, 0.05) is 10.9 Å². The molecule has 0 bridgehead atoms. The molecule has 0 radical (unpaired) electrons. The van der Waals surface area contributed by atoms with Crippen LogP contribution in [0.5, 0.6) is 0 Å². The lowest BCUT2D eigenvalue weighted by molar-refractivity contribution is 0.156. The Hall–Kier alpha value is -1.96. The van der Waals surface area contributed by atoms with Crippen molar-refractivity contribution < 1.29 is 8.42 Å². The zero-order chi connectivity index (χ0) is 25.1. The van der Waals surface area contributed by atoms with Crippen LogP contribution < -0.4 is 5.73 Å². The van der Waals surface area contributed by atoms with Gasteiger partial charge in [-0.1, -0.05) is 50.1 Å². The molecule has 2 aliphatic carbocycles. The number of nitrogens with two attached hydrogens (primary N) is 1. The number of aryl methyl sites for hydroxylation is 1. The third-order valence-electron chi connectivity index (χ3n) is 8.28. The predicted octanol–water partition coefficient (Wildman–Crippen LogP) is 6.12. The average Bonchev–Trinajstić information content (AvgIpc) is 3.26. The highest BCUT2D eigenvalue weighted by Crippen LogP contribution is 2.35. The highest BCUT2D eigenvalue weighted by molar-refractivity contribution is 7.91. The van der Waals surface area contributed by atoms with Gasteiger partial charge in [0.2, 0.25) is 0 Å². The number of nitrogens with zero attached hydrogens (tertiary/aromatic N) is 2. The Balaban J connectivity index is 1.12. The molecular formula is C29H39N3O2S2. The molecule has 194 valence electrons. The molecule has 0 unspecified atom stereocenters. The van der Waals surface area contributed by atoms with Gasteiger partial charge in [0.25, 0.3) is 0 Å². The van der Waals surface area contributed by atoms with Gasteiger partial charge in [0.05, 0.1) is 16.3 Å². The summed E-state index contributed by atoms with van der Waals surface area (Å²) >= 11 is 1.67. The smallest absolute Gasteiger partial charge is 0.180 e. The van der Waals surface area contributed by atoms with Crippen LogP contribution in [0, 0.1) is 11.8 Å². The second-order valence-electron chi connectivity index (χ2n) is 10.8. The van der Waals surface area contributed by atoms with Gasteiger partial charge in [0.1, 0.15) is 0 Å². The molecule has 1 atom stereocenters. The molecule has 0 amide bonds. The van der Waals surface area contributed by atoms with Crippen LogP contribution >= 0.6 is 11.3 Å². The molecule has 3 aromatic rings. The van der Waals surface area contributed by atoms with E-state index in [0.29, 0.717) is 22.0 Å². The monoisotopic (exact) mass is 525 g/mol. The second-order valence-corrected chi connectivity index (χ2v) is 14.0. The molecule has 0 spiro atoms. The van der Waals surface area contributed by atoms with Gasteiger partial charge in [-0.3, -0.25) is 0 Å². The number of anilines is 1. The number of nitrogen functional groups attached to an aromatic ring is 1. The molecule has 1 aromatic heterocycles. The summed E-state index contributed by atoms with van der Waals surface area (Å²) in [7, 11) is -3.26. The number of sulfone groups is 1. The summed E-state index contributed by atoms with van der Waals surface area (Å²) in [6.07, 6.45) is 10.1. The SMILES string of the molecule is CCCN(CCC1CCC(CS(=O)(=O)c2ccc3ccccc3c2)CC1)[C@H]1CCc2nc(N)sc2C1. The summed E-state index contributed by atoms with van der Waals surface area (Å²) in [5.41, 5.74) is 7.18. The lowest BCUT2D eigenvalue weighted by Crippen LogP contribution is -2.41. The largest absolute Gasteiger partial charge is 0.375 e. The first kappa shape index (κ1) is 25.7. The molecule has 2 aliphatic rings. The molecule has 1 fully saturated rings. The van der Waals surface area contributed by atoms with Crippen LogP contribution in [0.2, 0.25) is 0 Å². The van der Waals surface area contributed by atoms with E-state index < -0.39 is 9.84 Å². The van der Waals surface area contributed by atoms with E-state index in [2.05, 4.69) is 16.8 Å². The van der Waals surface area contributed by atoms with E-state index in [1.807, 2.05) is 36.4 Å². The maximum absolute atomic E-state index is 13.2. The van der Waals surface area contributed by atoms with Crippen LogP contribution in [0.25, 0.3) is 10.8 Å². The van der Waals surface area contributed by atoms with Gasteiger partial charge < -0.3 is 10.6 Å². The first-order chi connectivity index (χ1) is 17.4. The third-order valence-corrected chi connectivity index (χ3v) is 11.1. The van der Waals surface area contributed by atoms with Gasteiger partial charge in [0.15, 0.2) is 15.0 Å². The standard InChI is InChI=1S/C29H39N3O2S2/c1-2-16-32(25-12-14-27-28(19-25)35-29(30)31-27)17-15-21-7-9-22(10-8-21)20-36(33,34)26-13-11-23-5-3-4-6-24(23)18-26/h3-6,11,13,18,21-22,25H,2,7-10,12,14-17,19-20H2,1H3,(H2,30,31)/t21?,22?,25-/m0/s1. The second kappa shape index (κ2) is 11.2. The third kappa shape index (κ3) is 5.95. The van der Waals surface area contributed by atoms with Crippen molar-refractivity contribution >= 4 is 37.1 Å². The van der Waals surface area contributed by atoms with Gasteiger partial charge in [-0.15, -0.1) is 11.3 Å². The van der Waals surface area contributed by atoms with E-state index in [0.717, 1.165) is 62.4 Å². The number of thiazole rings is 1. The number of benzene rings is 2. The maximum atomic E-state index is 13.2. The fraction of sp³-hybridized carbons (Fsp3) is 0.552. The van der Waals surface area contributed by atoms with E-state index in [4.69, 9.17) is 5.73 Å². The molecule has 5 nitrogen and oxygen atoms in total. The van der Waals surface area contributed by atoms with Gasteiger partial charge >= 0.3 is 0 Å². The summed E-state index contributed by atoms with van der Waals surface area (Å²) in [4.78, 5) is 9.07. The number of hydrogen-bond acceptors (Lipinski definition) is 6. The van der Waals surface area contributed by atoms with Crippen molar-refractivity contribution in [2.24, 2.45) is 11.8 Å². The maximum Gasteiger partial charge on any atom is 0.180 e. The molecule has 2 aromatic carbocycles. The van der Waals surface area contributed by atoms with Crippen molar-refractivity contribution in [3.8, 4) is 0 Å². The molecule has 1 heterocycles. The summed E-state index contributed by atoms with van der Waals surface area (Å²) in [5.74, 6) is 1.27. The lowest BCUT2D eigenvalue weighted by atomic mass is 9.81. The highest BCUT2D eigenvalue weighted by atomic mass is 32.2. The van der Waals surface area contributed by atoms with Gasteiger partial charge in [-0.2, -0.15) is 0 Å². The molecule has 7 heteroatoms. The van der Waals surface area contributed by atoms with Crippen molar-refractivity contribution in [3.63, 3.8) is 0 Å². The molecular weight excluding hydrogens is 486 g/mol. The van der Waals surface area contributed by atoms with Gasteiger partial charge in [-0.05, 0) is 92.8 Å². The molecule has 5 rings (SSSR count). The molecule has 2 N–H and O–H groups in total. The van der Waals surface area contributed by atoms with Crippen LogP contribution in [0.4, 0.5) is 5.13 Å². The van der Waals surface area contributed by atoms with Crippen molar-refractivity contribution in [2.75, 3.05) is 24.6 Å². The zero-order valence-electron chi connectivity index (χ0n) is 21.4. The molecule has 0 aliphatic heterocycles. The minimum atomic E-state index is -3.26. The molecule has 36 heavy (non-hydrogen) atoms. The van der Waals surface area contributed by atoms with Crippen LogP contribution in [0.15, 0.2) is 47.4 Å². The number of rotatable bonds is 9. The van der Waals surface area contributed by atoms with E-state index in [-0.39, 0.29) is 11.7 Å². The number of hydrogen-bond donors (Lipinski definition) is 1. The summed E-state index contributed by atoms with van der Waals surface area (Å²) < 4.78 is 26.3. The Kier molecular flexibility index (Phi) is 7.99. The topological polar surface area (TPSA) is 76.3 Å². The summed E-state index contributed by atoms with van der Waals surface area (Å²) in [5, 5.41) is 2.79. The van der Waals surface area contributed by atoms with E-state index >= 15 is 0 Å².